The molecule has 0 saturated carbocycles. The van der Waals surface area contributed by atoms with Gasteiger partial charge in [0.25, 0.3) is 0 Å². The Morgan fingerprint density at radius 2 is 1.62 bits per heavy atom. The van der Waals surface area contributed by atoms with Crippen LogP contribution in [0.3, 0.4) is 0 Å². The zero-order valence-electron chi connectivity index (χ0n) is 12.5. The fourth-order valence-electron chi connectivity index (χ4n) is 1.97. The summed E-state index contributed by atoms with van der Waals surface area (Å²) >= 11 is 7.09. The molecule has 0 amide bonds. The lowest BCUT2D eigenvalue weighted by Gasteiger charge is -2.13. The zero-order chi connectivity index (χ0) is 15.2. The quantitative estimate of drug-likeness (QED) is 0.587. The van der Waals surface area contributed by atoms with Gasteiger partial charge in [0.05, 0.1) is 0 Å². The highest BCUT2D eigenvalue weighted by atomic mass is 32.2. The molecule has 0 saturated heterocycles. The number of rotatable bonds is 4. The predicted octanol–water partition coefficient (Wildman–Crippen LogP) is 5.34. The standard InChI is InChI=1S/C17H20N2S2/c1-12(2)13-6-4-7-14(10-13)18-17(20)19-15-8-5-9-16(11-15)21-3/h4-12H,1-3H3,(H2,18,19,20). The molecule has 0 bridgehead atoms. The summed E-state index contributed by atoms with van der Waals surface area (Å²) in [6.07, 6.45) is 2.06. The van der Waals surface area contributed by atoms with E-state index < -0.39 is 0 Å². The molecule has 2 aromatic rings. The predicted molar refractivity (Wildman–Crippen MR) is 98.6 cm³/mol. The summed E-state index contributed by atoms with van der Waals surface area (Å²) in [5, 5.41) is 7.06. The summed E-state index contributed by atoms with van der Waals surface area (Å²) in [5.74, 6) is 0.506. The van der Waals surface area contributed by atoms with Crippen molar-refractivity contribution < 1.29 is 0 Å². The fraction of sp³-hybridized carbons (Fsp3) is 0.235. The second-order valence-electron chi connectivity index (χ2n) is 5.09. The van der Waals surface area contributed by atoms with Gasteiger partial charge in [0, 0.05) is 16.3 Å². The van der Waals surface area contributed by atoms with Crippen LogP contribution in [0.1, 0.15) is 25.3 Å². The van der Waals surface area contributed by atoms with Gasteiger partial charge in [-0.05, 0) is 60.3 Å². The van der Waals surface area contributed by atoms with E-state index >= 15 is 0 Å². The topological polar surface area (TPSA) is 24.1 Å². The smallest absolute Gasteiger partial charge is 0.175 e. The summed E-state index contributed by atoms with van der Waals surface area (Å²) < 4.78 is 0. The number of hydrogen-bond donors (Lipinski definition) is 2. The third kappa shape index (κ3) is 4.76. The highest BCUT2D eigenvalue weighted by molar-refractivity contribution is 7.98. The Morgan fingerprint density at radius 3 is 2.24 bits per heavy atom. The van der Waals surface area contributed by atoms with E-state index in [9.17, 15) is 0 Å². The Labute approximate surface area is 136 Å². The van der Waals surface area contributed by atoms with Gasteiger partial charge in [-0.1, -0.05) is 32.0 Å². The Hall–Kier alpha value is -1.52. The number of nitrogens with one attached hydrogen (secondary N) is 2. The number of anilines is 2. The van der Waals surface area contributed by atoms with E-state index in [1.165, 1.54) is 10.5 Å². The molecule has 0 aromatic heterocycles. The van der Waals surface area contributed by atoms with E-state index in [2.05, 4.69) is 61.1 Å². The third-order valence-corrected chi connectivity index (χ3v) is 4.07. The lowest BCUT2D eigenvalue weighted by Crippen LogP contribution is -2.19. The van der Waals surface area contributed by atoms with Gasteiger partial charge in [-0.15, -0.1) is 11.8 Å². The van der Waals surface area contributed by atoms with Gasteiger partial charge in [-0.2, -0.15) is 0 Å². The molecule has 2 N–H and O–H groups in total. The van der Waals surface area contributed by atoms with Crippen LogP contribution in [-0.2, 0) is 0 Å². The first-order chi connectivity index (χ1) is 10.1. The van der Waals surface area contributed by atoms with Gasteiger partial charge in [-0.3, -0.25) is 0 Å². The van der Waals surface area contributed by atoms with E-state index in [-0.39, 0.29) is 0 Å². The summed E-state index contributed by atoms with van der Waals surface area (Å²) in [6, 6.07) is 16.5. The van der Waals surface area contributed by atoms with Crippen LogP contribution in [0.25, 0.3) is 0 Å². The minimum absolute atomic E-state index is 0.506. The minimum Gasteiger partial charge on any atom is -0.332 e. The first-order valence-electron chi connectivity index (χ1n) is 6.90. The van der Waals surface area contributed by atoms with Crippen molar-refractivity contribution in [2.75, 3.05) is 16.9 Å². The van der Waals surface area contributed by atoms with Gasteiger partial charge in [0.15, 0.2) is 5.11 Å². The van der Waals surface area contributed by atoms with Crippen molar-refractivity contribution in [1.82, 2.24) is 0 Å². The monoisotopic (exact) mass is 316 g/mol. The van der Waals surface area contributed by atoms with Crippen LogP contribution < -0.4 is 10.6 Å². The van der Waals surface area contributed by atoms with E-state index in [0.29, 0.717) is 11.0 Å². The van der Waals surface area contributed by atoms with Gasteiger partial charge in [0.1, 0.15) is 0 Å². The maximum atomic E-state index is 5.38. The molecule has 0 unspecified atom stereocenters. The van der Waals surface area contributed by atoms with Crippen LogP contribution in [0.15, 0.2) is 53.4 Å². The molecule has 4 heteroatoms. The first kappa shape index (κ1) is 15.9. The molecule has 2 aromatic carbocycles. The van der Waals surface area contributed by atoms with E-state index in [4.69, 9.17) is 12.2 Å². The second kappa shape index (κ2) is 7.48. The van der Waals surface area contributed by atoms with E-state index in [1.807, 2.05) is 18.2 Å². The molecular weight excluding hydrogens is 296 g/mol. The van der Waals surface area contributed by atoms with E-state index in [0.717, 1.165) is 11.4 Å². The van der Waals surface area contributed by atoms with Gasteiger partial charge >= 0.3 is 0 Å². The molecule has 0 heterocycles. The maximum Gasteiger partial charge on any atom is 0.175 e. The zero-order valence-corrected chi connectivity index (χ0v) is 14.1. The number of thioether (sulfide) groups is 1. The van der Waals surface area contributed by atoms with Crippen LogP contribution in [-0.4, -0.2) is 11.4 Å². The highest BCUT2D eigenvalue weighted by Crippen LogP contribution is 2.20. The summed E-state index contributed by atoms with van der Waals surface area (Å²) in [6.45, 7) is 4.37. The molecule has 0 spiro atoms. The summed E-state index contributed by atoms with van der Waals surface area (Å²) in [7, 11) is 0. The summed E-state index contributed by atoms with van der Waals surface area (Å²) in [4.78, 5) is 1.21. The first-order valence-corrected chi connectivity index (χ1v) is 8.54. The normalized spacial score (nSPS) is 10.5. The molecule has 110 valence electrons. The average molecular weight is 316 g/mol. The number of thiocarbonyl (C=S) groups is 1. The van der Waals surface area contributed by atoms with Crippen molar-refractivity contribution in [3.8, 4) is 0 Å². The van der Waals surface area contributed by atoms with Gasteiger partial charge in [0.2, 0.25) is 0 Å². The van der Waals surface area contributed by atoms with Crippen molar-refractivity contribution in [2.24, 2.45) is 0 Å². The molecule has 0 atom stereocenters. The largest absolute Gasteiger partial charge is 0.332 e. The Balaban J connectivity index is 2.02. The molecule has 0 aliphatic rings. The van der Waals surface area contributed by atoms with Crippen LogP contribution >= 0.6 is 24.0 Å². The molecule has 0 fully saturated rings. The molecule has 2 nitrogen and oxygen atoms in total. The lowest BCUT2D eigenvalue weighted by molar-refractivity contribution is 0.867. The van der Waals surface area contributed by atoms with Crippen molar-refractivity contribution in [1.29, 1.82) is 0 Å². The van der Waals surface area contributed by atoms with Crippen LogP contribution in [0.5, 0.6) is 0 Å². The number of benzene rings is 2. The van der Waals surface area contributed by atoms with Crippen molar-refractivity contribution >= 4 is 40.5 Å². The SMILES string of the molecule is CSc1cccc(NC(=S)Nc2cccc(C(C)C)c2)c1. The van der Waals surface area contributed by atoms with Crippen molar-refractivity contribution in [3.05, 3.63) is 54.1 Å². The minimum atomic E-state index is 0.506. The Kier molecular flexibility index (Phi) is 5.65. The van der Waals surface area contributed by atoms with Crippen molar-refractivity contribution in [3.63, 3.8) is 0 Å². The summed E-state index contributed by atoms with van der Waals surface area (Å²) in [5.41, 5.74) is 3.31. The Morgan fingerprint density at radius 1 is 1.00 bits per heavy atom. The second-order valence-corrected chi connectivity index (χ2v) is 6.38. The van der Waals surface area contributed by atoms with Crippen LogP contribution in [0.2, 0.25) is 0 Å². The molecule has 0 radical (unpaired) electrons. The van der Waals surface area contributed by atoms with Crippen molar-refractivity contribution in [2.45, 2.75) is 24.7 Å². The average Bonchev–Trinajstić information content (AvgIpc) is 2.47. The molecule has 2 rings (SSSR count). The Bertz CT molecular complexity index is 624. The molecule has 0 aliphatic heterocycles. The third-order valence-electron chi connectivity index (χ3n) is 3.14. The molecule has 0 aliphatic carbocycles. The molecule has 21 heavy (non-hydrogen) atoms. The number of hydrogen-bond acceptors (Lipinski definition) is 2. The van der Waals surface area contributed by atoms with Crippen LogP contribution in [0, 0.1) is 0 Å². The fourth-order valence-corrected chi connectivity index (χ4v) is 2.66. The lowest BCUT2D eigenvalue weighted by atomic mass is 10.0. The molecular formula is C17H20N2S2. The van der Waals surface area contributed by atoms with Gasteiger partial charge < -0.3 is 10.6 Å². The maximum absolute atomic E-state index is 5.38. The van der Waals surface area contributed by atoms with E-state index in [1.54, 1.807) is 11.8 Å². The van der Waals surface area contributed by atoms with Gasteiger partial charge in [-0.25, -0.2) is 0 Å². The highest BCUT2D eigenvalue weighted by Gasteiger charge is 2.03. The van der Waals surface area contributed by atoms with Crippen LogP contribution in [0.4, 0.5) is 11.4 Å².